The second-order valence-electron chi connectivity index (χ2n) is 4.86. The van der Waals surface area contributed by atoms with E-state index in [1.54, 1.807) is 0 Å². The van der Waals surface area contributed by atoms with Crippen molar-refractivity contribution in [1.29, 1.82) is 0 Å². The van der Waals surface area contributed by atoms with Crippen LogP contribution in [0.5, 0.6) is 0 Å². The molecule has 0 saturated carbocycles. The number of hydrogen-bond acceptors (Lipinski definition) is 5. The molecule has 1 aromatic rings. The second-order valence-corrected chi connectivity index (χ2v) is 4.86. The van der Waals surface area contributed by atoms with Gasteiger partial charge < -0.3 is 10.6 Å². The standard InChI is InChI=1S/C12H21N5/c1-9-7-17(8-10(2)16(9)3)12-14-5-11(4-13)6-15-12/h5-6,9-10H,4,7-8,13H2,1-3H3. The van der Waals surface area contributed by atoms with Crippen molar-refractivity contribution in [2.24, 2.45) is 5.73 Å². The van der Waals surface area contributed by atoms with Crippen LogP contribution in [0.2, 0.25) is 0 Å². The molecule has 0 aliphatic carbocycles. The summed E-state index contributed by atoms with van der Waals surface area (Å²) in [6.07, 6.45) is 3.63. The molecule has 5 heteroatoms. The van der Waals surface area contributed by atoms with Crippen LogP contribution in [0.15, 0.2) is 12.4 Å². The summed E-state index contributed by atoms with van der Waals surface area (Å²) in [7, 11) is 2.17. The molecular weight excluding hydrogens is 214 g/mol. The summed E-state index contributed by atoms with van der Waals surface area (Å²) < 4.78 is 0. The van der Waals surface area contributed by atoms with Gasteiger partial charge in [-0.3, -0.25) is 4.90 Å². The fraction of sp³-hybridized carbons (Fsp3) is 0.667. The lowest BCUT2D eigenvalue weighted by atomic mass is 10.1. The Balaban J connectivity index is 2.11. The normalized spacial score (nSPS) is 26.2. The molecule has 2 atom stereocenters. The highest BCUT2D eigenvalue weighted by Gasteiger charge is 2.27. The zero-order chi connectivity index (χ0) is 12.4. The first-order valence-corrected chi connectivity index (χ1v) is 6.09. The van der Waals surface area contributed by atoms with Crippen LogP contribution < -0.4 is 10.6 Å². The molecule has 0 bridgehead atoms. The van der Waals surface area contributed by atoms with E-state index in [1.165, 1.54) is 0 Å². The van der Waals surface area contributed by atoms with Gasteiger partial charge in [-0.15, -0.1) is 0 Å². The lowest BCUT2D eigenvalue weighted by molar-refractivity contribution is 0.169. The molecule has 5 nitrogen and oxygen atoms in total. The SMILES string of the molecule is CC1CN(c2ncc(CN)cn2)CC(C)N1C. The number of likely N-dealkylation sites (N-methyl/N-ethyl adjacent to an activating group) is 1. The van der Waals surface area contributed by atoms with Crippen molar-refractivity contribution in [3.8, 4) is 0 Å². The van der Waals surface area contributed by atoms with Crippen molar-refractivity contribution in [2.75, 3.05) is 25.0 Å². The molecule has 94 valence electrons. The minimum Gasteiger partial charge on any atom is -0.338 e. The molecule has 1 fully saturated rings. The van der Waals surface area contributed by atoms with Crippen LogP contribution in [-0.4, -0.2) is 47.1 Å². The van der Waals surface area contributed by atoms with Gasteiger partial charge in [0.1, 0.15) is 0 Å². The van der Waals surface area contributed by atoms with Gasteiger partial charge in [-0.1, -0.05) is 0 Å². The molecule has 17 heavy (non-hydrogen) atoms. The number of hydrogen-bond donors (Lipinski definition) is 1. The first kappa shape index (κ1) is 12.3. The number of piperazine rings is 1. The van der Waals surface area contributed by atoms with E-state index < -0.39 is 0 Å². The van der Waals surface area contributed by atoms with Gasteiger partial charge in [-0.05, 0) is 20.9 Å². The van der Waals surface area contributed by atoms with E-state index in [2.05, 4.69) is 40.7 Å². The quantitative estimate of drug-likeness (QED) is 0.807. The van der Waals surface area contributed by atoms with Crippen molar-refractivity contribution in [2.45, 2.75) is 32.5 Å². The van der Waals surface area contributed by atoms with E-state index in [0.29, 0.717) is 18.6 Å². The third-order valence-corrected chi connectivity index (χ3v) is 3.57. The largest absolute Gasteiger partial charge is 0.338 e. The van der Waals surface area contributed by atoms with Crippen LogP contribution in [0.3, 0.4) is 0 Å². The lowest BCUT2D eigenvalue weighted by Gasteiger charge is -2.42. The number of nitrogens with two attached hydrogens (primary N) is 1. The Morgan fingerprint density at radius 2 is 1.76 bits per heavy atom. The molecule has 1 aliphatic rings. The summed E-state index contributed by atoms with van der Waals surface area (Å²) in [6.45, 7) is 6.91. The van der Waals surface area contributed by atoms with E-state index in [1.807, 2.05) is 12.4 Å². The number of anilines is 1. The minimum absolute atomic E-state index is 0.496. The van der Waals surface area contributed by atoms with Gasteiger partial charge in [0.2, 0.25) is 5.95 Å². The van der Waals surface area contributed by atoms with Gasteiger partial charge in [0.05, 0.1) is 0 Å². The van der Waals surface area contributed by atoms with Crippen molar-refractivity contribution >= 4 is 5.95 Å². The summed E-state index contributed by atoms with van der Waals surface area (Å²) >= 11 is 0. The van der Waals surface area contributed by atoms with Crippen molar-refractivity contribution in [3.63, 3.8) is 0 Å². The molecule has 0 amide bonds. The summed E-state index contributed by atoms with van der Waals surface area (Å²) in [6, 6.07) is 1.05. The summed E-state index contributed by atoms with van der Waals surface area (Å²) in [5.41, 5.74) is 6.52. The van der Waals surface area contributed by atoms with Crippen LogP contribution >= 0.6 is 0 Å². The zero-order valence-corrected chi connectivity index (χ0v) is 10.8. The van der Waals surface area contributed by atoms with E-state index >= 15 is 0 Å². The molecule has 0 radical (unpaired) electrons. The molecular formula is C12H21N5. The Labute approximate surface area is 103 Å². The van der Waals surface area contributed by atoms with E-state index in [0.717, 1.165) is 24.6 Å². The third-order valence-electron chi connectivity index (χ3n) is 3.57. The molecule has 0 aromatic carbocycles. The van der Waals surface area contributed by atoms with E-state index in [4.69, 9.17) is 5.73 Å². The monoisotopic (exact) mass is 235 g/mol. The fourth-order valence-corrected chi connectivity index (χ4v) is 2.18. The topological polar surface area (TPSA) is 58.3 Å². The van der Waals surface area contributed by atoms with Crippen molar-refractivity contribution in [3.05, 3.63) is 18.0 Å². The van der Waals surface area contributed by atoms with Gasteiger partial charge in [0.15, 0.2) is 0 Å². The van der Waals surface area contributed by atoms with Crippen LogP contribution in [0.25, 0.3) is 0 Å². The Hall–Kier alpha value is -1.20. The predicted molar refractivity (Wildman–Crippen MR) is 68.8 cm³/mol. The second kappa shape index (κ2) is 4.98. The first-order chi connectivity index (χ1) is 8.11. The van der Waals surface area contributed by atoms with Gasteiger partial charge in [0, 0.05) is 49.7 Å². The highest BCUT2D eigenvalue weighted by atomic mass is 15.3. The average Bonchev–Trinajstić information content (AvgIpc) is 2.35. The van der Waals surface area contributed by atoms with Gasteiger partial charge >= 0.3 is 0 Å². The van der Waals surface area contributed by atoms with Gasteiger partial charge in [0.25, 0.3) is 0 Å². The van der Waals surface area contributed by atoms with Crippen LogP contribution in [-0.2, 0) is 6.54 Å². The third kappa shape index (κ3) is 2.56. The Bertz CT molecular complexity index is 352. The fourth-order valence-electron chi connectivity index (χ4n) is 2.18. The summed E-state index contributed by atoms with van der Waals surface area (Å²) in [4.78, 5) is 13.4. The lowest BCUT2D eigenvalue weighted by Crippen LogP contribution is -2.55. The van der Waals surface area contributed by atoms with Crippen LogP contribution in [0.4, 0.5) is 5.95 Å². The zero-order valence-electron chi connectivity index (χ0n) is 10.8. The number of aromatic nitrogens is 2. The number of nitrogens with zero attached hydrogens (tertiary/aromatic N) is 4. The maximum atomic E-state index is 5.54. The van der Waals surface area contributed by atoms with Crippen LogP contribution in [0, 0.1) is 0 Å². The highest BCUT2D eigenvalue weighted by molar-refractivity contribution is 5.31. The molecule has 2 unspecified atom stereocenters. The molecule has 2 rings (SSSR count). The molecule has 0 spiro atoms. The van der Waals surface area contributed by atoms with Gasteiger partial charge in [-0.25, -0.2) is 9.97 Å². The Morgan fingerprint density at radius 1 is 1.24 bits per heavy atom. The smallest absolute Gasteiger partial charge is 0.225 e. The molecule has 1 aromatic heterocycles. The van der Waals surface area contributed by atoms with E-state index in [-0.39, 0.29) is 0 Å². The molecule has 2 heterocycles. The van der Waals surface area contributed by atoms with Crippen molar-refractivity contribution < 1.29 is 0 Å². The summed E-state index contributed by atoms with van der Waals surface area (Å²) in [5, 5.41) is 0. The average molecular weight is 235 g/mol. The van der Waals surface area contributed by atoms with Crippen LogP contribution in [0.1, 0.15) is 19.4 Å². The Morgan fingerprint density at radius 3 is 2.24 bits per heavy atom. The van der Waals surface area contributed by atoms with Crippen molar-refractivity contribution in [1.82, 2.24) is 14.9 Å². The molecule has 1 saturated heterocycles. The number of rotatable bonds is 2. The first-order valence-electron chi connectivity index (χ1n) is 6.09. The predicted octanol–water partition coefficient (Wildman–Crippen LogP) is 0.464. The molecule has 2 N–H and O–H groups in total. The van der Waals surface area contributed by atoms with E-state index in [9.17, 15) is 0 Å². The molecule has 1 aliphatic heterocycles. The summed E-state index contributed by atoms with van der Waals surface area (Å²) in [5.74, 6) is 0.814. The maximum Gasteiger partial charge on any atom is 0.225 e. The highest BCUT2D eigenvalue weighted by Crippen LogP contribution is 2.17. The Kier molecular flexibility index (Phi) is 3.59. The maximum absolute atomic E-state index is 5.54. The minimum atomic E-state index is 0.496. The van der Waals surface area contributed by atoms with Gasteiger partial charge in [-0.2, -0.15) is 0 Å².